The minimum atomic E-state index is 0.823. The topological polar surface area (TPSA) is 26.0 Å². The van der Waals surface area contributed by atoms with E-state index >= 15 is 0 Å². The smallest absolute Gasteiger partial charge is 0.0314 e. The van der Waals surface area contributed by atoms with Crippen LogP contribution in [0.25, 0.3) is 0 Å². The molecule has 25 heavy (non-hydrogen) atoms. The van der Waals surface area contributed by atoms with Gasteiger partial charge in [-0.15, -0.1) is 0 Å². The maximum Gasteiger partial charge on any atom is 0.0314 e. The van der Waals surface area contributed by atoms with Crippen LogP contribution in [0, 0.1) is 6.92 Å². The van der Waals surface area contributed by atoms with E-state index in [9.17, 15) is 0 Å². The van der Waals surface area contributed by atoms with E-state index in [0.29, 0.717) is 0 Å². The predicted octanol–water partition coefficient (Wildman–Crippen LogP) is 5.71. The molecular weight excluding hydrogens is 302 g/mol. The van der Waals surface area contributed by atoms with Crippen LogP contribution in [0.1, 0.15) is 46.7 Å². The Kier molecular flexibility index (Phi) is 5.55. The van der Waals surface area contributed by atoms with Crippen molar-refractivity contribution in [2.75, 3.05) is 5.73 Å². The van der Waals surface area contributed by atoms with Crippen LogP contribution >= 0.6 is 0 Å². The van der Waals surface area contributed by atoms with Gasteiger partial charge in [0, 0.05) is 5.69 Å². The number of benzene rings is 3. The SMILES string of the molecule is CCCc1cc(Cc2ccc(N)cc2)ccc1Cc1ccc(C)cc1. The van der Waals surface area contributed by atoms with Gasteiger partial charge in [0.2, 0.25) is 0 Å². The van der Waals surface area contributed by atoms with Crippen molar-refractivity contribution in [3.8, 4) is 0 Å². The molecule has 0 aliphatic carbocycles. The van der Waals surface area contributed by atoms with Crippen molar-refractivity contribution in [3.63, 3.8) is 0 Å². The highest BCUT2D eigenvalue weighted by Gasteiger charge is 2.06. The van der Waals surface area contributed by atoms with E-state index in [1.165, 1.54) is 39.8 Å². The van der Waals surface area contributed by atoms with E-state index in [0.717, 1.165) is 24.9 Å². The van der Waals surface area contributed by atoms with Crippen molar-refractivity contribution in [3.05, 3.63) is 100 Å². The van der Waals surface area contributed by atoms with Gasteiger partial charge in [-0.1, -0.05) is 73.5 Å². The van der Waals surface area contributed by atoms with Crippen LogP contribution in [-0.2, 0) is 19.3 Å². The van der Waals surface area contributed by atoms with Gasteiger partial charge in [0.25, 0.3) is 0 Å². The summed E-state index contributed by atoms with van der Waals surface area (Å²) in [5, 5.41) is 0. The Labute approximate surface area is 151 Å². The molecule has 0 aliphatic rings. The molecule has 3 aromatic carbocycles. The zero-order chi connectivity index (χ0) is 17.6. The number of nitrogen functional groups attached to an aromatic ring is 1. The number of hydrogen-bond acceptors (Lipinski definition) is 1. The summed E-state index contributed by atoms with van der Waals surface area (Å²) < 4.78 is 0. The molecule has 0 unspecified atom stereocenters. The van der Waals surface area contributed by atoms with Gasteiger partial charge in [-0.3, -0.25) is 0 Å². The summed E-state index contributed by atoms with van der Waals surface area (Å²) in [6, 6.07) is 24.1. The maximum absolute atomic E-state index is 5.79. The third kappa shape index (κ3) is 4.73. The number of anilines is 1. The molecule has 0 aromatic heterocycles. The van der Waals surface area contributed by atoms with Crippen molar-refractivity contribution in [2.24, 2.45) is 0 Å². The van der Waals surface area contributed by atoms with Crippen LogP contribution in [0.2, 0.25) is 0 Å². The van der Waals surface area contributed by atoms with Gasteiger partial charge in [0.15, 0.2) is 0 Å². The lowest BCUT2D eigenvalue weighted by Gasteiger charge is -2.12. The Morgan fingerprint density at radius 2 is 1.28 bits per heavy atom. The average Bonchev–Trinajstić information content (AvgIpc) is 2.61. The zero-order valence-electron chi connectivity index (χ0n) is 15.3. The minimum absolute atomic E-state index is 0.823. The second-order valence-corrected chi connectivity index (χ2v) is 6.93. The van der Waals surface area contributed by atoms with Crippen LogP contribution in [0.15, 0.2) is 66.7 Å². The molecule has 0 aliphatic heterocycles. The molecule has 0 amide bonds. The molecule has 0 spiro atoms. The fraction of sp³-hybridized carbons (Fsp3) is 0.250. The third-order valence-electron chi connectivity index (χ3n) is 4.69. The molecule has 1 heteroatoms. The lowest BCUT2D eigenvalue weighted by Crippen LogP contribution is -1.99. The number of rotatable bonds is 6. The van der Waals surface area contributed by atoms with Gasteiger partial charge in [-0.2, -0.15) is 0 Å². The summed E-state index contributed by atoms with van der Waals surface area (Å²) in [4.78, 5) is 0. The summed E-state index contributed by atoms with van der Waals surface area (Å²) in [5.74, 6) is 0. The Morgan fingerprint density at radius 3 is 1.96 bits per heavy atom. The first-order valence-corrected chi connectivity index (χ1v) is 9.14. The normalized spacial score (nSPS) is 10.8. The van der Waals surface area contributed by atoms with Crippen molar-refractivity contribution >= 4 is 5.69 Å². The fourth-order valence-corrected chi connectivity index (χ4v) is 3.26. The van der Waals surface area contributed by atoms with Crippen LogP contribution in [-0.4, -0.2) is 0 Å². The molecule has 3 aromatic rings. The summed E-state index contributed by atoms with van der Waals surface area (Å²) >= 11 is 0. The summed E-state index contributed by atoms with van der Waals surface area (Å²) in [6.07, 6.45) is 4.28. The van der Waals surface area contributed by atoms with Crippen LogP contribution < -0.4 is 5.73 Å². The predicted molar refractivity (Wildman–Crippen MR) is 108 cm³/mol. The van der Waals surface area contributed by atoms with E-state index in [2.05, 4.69) is 68.4 Å². The molecule has 0 saturated heterocycles. The summed E-state index contributed by atoms with van der Waals surface area (Å²) in [7, 11) is 0. The largest absolute Gasteiger partial charge is 0.399 e. The van der Waals surface area contributed by atoms with Gasteiger partial charge in [-0.05, 0) is 66.1 Å². The maximum atomic E-state index is 5.79. The van der Waals surface area contributed by atoms with E-state index in [-0.39, 0.29) is 0 Å². The average molecular weight is 329 g/mol. The van der Waals surface area contributed by atoms with E-state index in [4.69, 9.17) is 5.73 Å². The van der Waals surface area contributed by atoms with Crippen molar-refractivity contribution < 1.29 is 0 Å². The molecule has 2 N–H and O–H groups in total. The molecule has 0 atom stereocenters. The van der Waals surface area contributed by atoms with Crippen molar-refractivity contribution in [1.29, 1.82) is 0 Å². The Morgan fingerprint density at radius 1 is 0.680 bits per heavy atom. The summed E-state index contributed by atoms with van der Waals surface area (Å²) in [6.45, 7) is 4.39. The van der Waals surface area contributed by atoms with E-state index in [1.807, 2.05) is 12.1 Å². The second-order valence-electron chi connectivity index (χ2n) is 6.93. The molecule has 0 heterocycles. The molecule has 0 bridgehead atoms. The molecule has 128 valence electrons. The fourth-order valence-electron chi connectivity index (χ4n) is 3.26. The molecular formula is C24H27N. The first kappa shape index (κ1) is 17.3. The molecule has 1 nitrogen and oxygen atoms in total. The van der Waals surface area contributed by atoms with Gasteiger partial charge < -0.3 is 5.73 Å². The molecule has 0 radical (unpaired) electrons. The lowest BCUT2D eigenvalue weighted by atomic mass is 9.93. The monoisotopic (exact) mass is 329 g/mol. The van der Waals surface area contributed by atoms with Crippen LogP contribution in [0.5, 0.6) is 0 Å². The van der Waals surface area contributed by atoms with Crippen molar-refractivity contribution in [2.45, 2.75) is 39.5 Å². The zero-order valence-corrected chi connectivity index (χ0v) is 15.3. The Balaban J connectivity index is 1.81. The Hall–Kier alpha value is -2.54. The highest BCUT2D eigenvalue weighted by atomic mass is 14.5. The standard InChI is InChI=1S/C24H27N/c1-3-4-22-17-21(15-19-10-13-24(25)14-11-19)9-12-23(22)16-20-7-5-18(2)6-8-20/h5-14,17H,3-4,15-16,25H2,1-2H3. The molecule has 3 rings (SSSR count). The first-order chi connectivity index (χ1) is 12.1. The first-order valence-electron chi connectivity index (χ1n) is 9.14. The van der Waals surface area contributed by atoms with E-state index < -0.39 is 0 Å². The van der Waals surface area contributed by atoms with Crippen molar-refractivity contribution in [1.82, 2.24) is 0 Å². The minimum Gasteiger partial charge on any atom is -0.399 e. The second kappa shape index (κ2) is 8.02. The molecule has 0 fully saturated rings. The highest BCUT2D eigenvalue weighted by Crippen LogP contribution is 2.21. The lowest BCUT2D eigenvalue weighted by molar-refractivity contribution is 0.900. The highest BCUT2D eigenvalue weighted by molar-refractivity contribution is 5.42. The van der Waals surface area contributed by atoms with Gasteiger partial charge >= 0.3 is 0 Å². The quantitative estimate of drug-likeness (QED) is 0.576. The third-order valence-corrected chi connectivity index (χ3v) is 4.69. The summed E-state index contributed by atoms with van der Waals surface area (Å²) in [5.41, 5.74) is 14.9. The molecule has 0 saturated carbocycles. The number of aryl methyl sites for hydroxylation is 2. The van der Waals surface area contributed by atoms with Crippen LogP contribution in [0.4, 0.5) is 5.69 Å². The van der Waals surface area contributed by atoms with Crippen LogP contribution in [0.3, 0.4) is 0 Å². The van der Waals surface area contributed by atoms with Gasteiger partial charge in [0.05, 0.1) is 0 Å². The number of hydrogen-bond donors (Lipinski definition) is 1. The number of nitrogens with two attached hydrogens (primary N) is 1. The van der Waals surface area contributed by atoms with Gasteiger partial charge in [0.1, 0.15) is 0 Å². The van der Waals surface area contributed by atoms with Gasteiger partial charge in [-0.25, -0.2) is 0 Å². The van der Waals surface area contributed by atoms with E-state index in [1.54, 1.807) is 0 Å². The Bertz CT molecular complexity index is 814.